The van der Waals surface area contributed by atoms with Gasteiger partial charge in [0.1, 0.15) is 5.75 Å². The van der Waals surface area contributed by atoms with Gasteiger partial charge >= 0.3 is 0 Å². The highest BCUT2D eigenvalue weighted by atomic mass is 35.5. The fourth-order valence-electron chi connectivity index (χ4n) is 2.37. The summed E-state index contributed by atoms with van der Waals surface area (Å²) < 4.78 is 30.3. The van der Waals surface area contributed by atoms with Crippen molar-refractivity contribution in [3.8, 4) is 5.75 Å². The molecule has 2 rings (SSSR count). The number of halogens is 1. The van der Waals surface area contributed by atoms with Gasteiger partial charge in [-0.05, 0) is 55.3 Å². The number of hydrogen-bond acceptors (Lipinski definition) is 4. The third-order valence-corrected chi connectivity index (χ3v) is 5.68. The fourth-order valence-corrected chi connectivity index (χ4v) is 2.98. The molecule has 0 aliphatic carbocycles. The number of benzene rings is 2. The predicted molar refractivity (Wildman–Crippen MR) is 109 cm³/mol. The molecule has 8 heteroatoms. The lowest BCUT2D eigenvalue weighted by atomic mass is 10.2. The molecular weight excluding hydrogens is 388 g/mol. The number of carbonyl (C=O) groups is 1. The Morgan fingerprint density at radius 2 is 1.96 bits per heavy atom. The standard InChI is InChI=1S/C19H23ClN2O4S/c1-5-18(26-16-9-10-17(20)13(2)11-16)19(23)21-14-7-6-8-15(12-14)22(3)27(4,24)25/h6-12,18H,5H2,1-4H3,(H,21,23). The van der Waals surface area contributed by atoms with Gasteiger partial charge in [-0.1, -0.05) is 24.6 Å². The quantitative estimate of drug-likeness (QED) is 0.752. The smallest absolute Gasteiger partial charge is 0.265 e. The molecule has 0 aromatic heterocycles. The highest BCUT2D eigenvalue weighted by Gasteiger charge is 2.20. The zero-order chi connectivity index (χ0) is 20.2. The van der Waals surface area contributed by atoms with Crippen LogP contribution in [0.15, 0.2) is 42.5 Å². The summed E-state index contributed by atoms with van der Waals surface area (Å²) in [4.78, 5) is 12.6. The number of nitrogens with one attached hydrogen (secondary N) is 1. The number of ether oxygens (including phenoxy) is 1. The molecule has 0 fully saturated rings. The van der Waals surface area contributed by atoms with Crippen molar-refractivity contribution in [3.05, 3.63) is 53.1 Å². The first-order valence-electron chi connectivity index (χ1n) is 8.39. The van der Waals surface area contributed by atoms with E-state index in [1.165, 1.54) is 7.05 Å². The van der Waals surface area contributed by atoms with E-state index in [0.717, 1.165) is 16.1 Å². The van der Waals surface area contributed by atoms with E-state index in [1.807, 2.05) is 13.8 Å². The molecule has 0 aliphatic heterocycles. The van der Waals surface area contributed by atoms with Crippen molar-refractivity contribution in [1.29, 1.82) is 0 Å². The van der Waals surface area contributed by atoms with Crippen LogP contribution in [0.2, 0.25) is 5.02 Å². The highest BCUT2D eigenvalue weighted by Crippen LogP contribution is 2.24. The maximum absolute atomic E-state index is 12.6. The molecule has 27 heavy (non-hydrogen) atoms. The Bertz CT molecular complexity index is 931. The minimum atomic E-state index is -3.39. The van der Waals surface area contributed by atoms with Crippen LogP contribution in [-0.4, -0.2) is 33.7 Å². The monoisotopic (exact) mass is 410 g/mol. The van der Waals surface area contributed by atoms with Crippen molar-refractivity contribution < 1.29 is 17.9 Å². The Kier molecular flexibility index (Phi) is 6.73. The summed E-state index contributed by atoms with van der Waals surface area (Å²) >= 11 is 6.01. The van der Waals surface area contributed by atoms with Crippen LogP contribution < -0.4 is 14.4 Å². The zero-order valence-electron chi connectivity index (χ0n) is 15.7. The number of aryl methyl sites for hydroxylation is 1. The van der Waals surface area contributed by atoms with Crippen LogP contribution >= 0.6 is 11.6 Å². The molecule has 1 N–H and O–H groups in total. The van der Waals surface area contributed by atoms with Gasteiger partial charge in [0.05, 0.1) is 11.9 Å². The minimum absolute atomic E-state index is 0.315. The Morgan fingerprint density at radius 1 is 1.26 bits per heavy atom. The van der Waals surface area contributed by atoms with E-state index in [0.29, 0.717) is 28.6 Å². The molecule has 1 amide bonds. The number of rotatable bonds is 7. The summed E-state index contributed by atoms with van der Waals surface area (Å²) in [7, 11) is -1.93. The maximum atomic E-state index is 12.6. The Labute approximate surface area is 165 Å². The topological polar surface area (TPSA) is 75.7 Å². The molecule has 0 spiro atoms. The average molecular weight is 411 g/mol. The third kappa shape index (κ3) is 5.61. The van der Waals surface area contributed by atoms with Gasteiger partial charge in [-0.25, -0.2) is 8.42 Å². The third-order valence-electron chi connectivity index (χ3n) is 4.05. The summed E-state index contributed by atoms with van der Waals surface area (Å²) in [6, 6.07) is 11.8. The second kappa shape index (κ2) is 8.63. The van der Waals surface area contributed by atoms with Gasteiger partial charge in [-0.2, -0.15) is 0 Å². The molecule has 0 heterocycles. The summed E-state index contributed by atoms with van der Waals surface area (Å²) in [5.74, 6) is 0.244. The lowest BCUT2D eigenvalue weighted by molar-refractivity contribution is -0.122. The van der Waals surface area contributed by atoms with Crippen LogP contribution in [0.4, 0.5) is 11.4 Å². The van der Waals surface area contributed by atoms with E-state index in [4.69, 9.17) is 16.3 Å². The van der Waals surface area contributed by atoms with E-state index in [1.54, 1.807) is 42.5 Å². The fraction of sp³-hybridized carbons (Fsp3) is 0.316. The normalized spacial score (nSPS) is 12.3. The predicted octanol–water partition coefficient (Wildman–Crippen LogP) is 3.84. The van der Waals surface area contributed by atoms with E-state index >= 15 is 0 Å². The number of nitrogens with zero attached hydrogens (tertiary/aromatic N) is 1. The van der Waals surface area contributed by atoms with Crippen LogP contribution in [0.1, 0.15) is 18.9 Å². The molecule has 1 atom stereocenters. The van der Waals surface area contributed by atoms with E-state index in [-0.39, 0.29) is 5.91 Å². The second-order valence-electron chi connectivity index (χ2n) is 6.20. The molecular formula is C19H23ClN2O4S. The molecule has 0 bridgehead atoms. The molecule has 2 aromatic carbocycles. The van der Waals surface area contributed by atoms with E-state index < -0.39 is 16.1 Å². The van der Waals surface area contributed by atoms with E-state index in [2.05, 4.69) is 5.32 Å². The molecule has 6 nitrogen and oxygen atoms in total. The van der Waals surface area contributed by atoms with Crippen LogP contribution in [0.25, 0.3) is 0 Å². The lowest BCUT2D eigenvalue weighted by Crippen LogP contribution is -2.32. The molecule has 0 saturated heterocycles. The molecule has 2 aromatic rings. The van der Waals surface area contributed by atoms with Crippen molar-refractivity contribution in [2.75, 3.05) is 22.9 Å². The van der Waals surface area contributed by atoms with E-state index in [9.17, 15) is 13.2 Å². The number of amides is 1. The van der Waals surface area contributed by atoms with Gasteiger partial charge in [-0.3, -0.25) is 9.10 Å². The summed E-state index contributed by atoms with van der Waals surface area (Å²) in [6.45, 7) is 3.71. The molecule has 1 unspecified atom stereocenters. The first-order chi connectivity index (χ1) is 12.6. The van der Waals surface area contributed by atoms with Crippen molar-refractivity contribution in [1.82, 2.24) is 0 Å². The first-order valence-corrected chi connectivity index (χ1v) is 10.6. The van der Waals surface area contributed by atoms with Crippen molar-refractivity contribution in [2.24, 2.45) is 0 Å². The van der Waals surface area contributed by atoms with Gasteiger partial charge in [0.15, 0.2) is 6.10 Å². The summed E-state index contributed by atoms with van der Waals surface area (Å²) in [6.07, 6.45) is 0.894. The van der Waals surface area contributed by atoms with Gasteiger partial charge in [0, 0.05) is 17.8 Å². The Hall–Kier alpha value is -2.25. The van der Waals surface area contributed by atoms with Crippen molar-refractivity contribution in [3.63, 3.8) is 0 Å². The van der Waals surface area contributed by atoms with Crippen molar-refractivity contribution >= 4 is 38.9 Å². The van der Waals surface area contributed by atoms with Gasteiger partial charge < -0.3 is 10.1 Å². The number of anilines is 2. The molecule has 0 radical (unpaired) electrons. The summed E-state index contributed by atoms with van der Waals surface area (Å²) in [5.41, 5.74) is 1.81. The largest absolute Gasteiger partial charge is 0.481 e. The van der Waals surface area contributed by atoms with Gasteiger partial charge in [-0.15, -0.1) is 0 Å². The van der Waals surface area contributed by atoms with Gasteiger partial charge in [0.2, 0.25) is 10.0 Å². The molecule has 0 saturated carbocycles. The number of hydrogen-bond donors (Lipinski definition) is 1. The lowest BCUT2D eigenvalue weighted by Gasteiger charge is -2.20. The number of carbonyl (C=O) groups excluding carboxylic acids is 1. The Balaban J connectivity index is 2.13. The van der Waals surface area contributed by atoms with Crippen molar-refractivity contribution in [2.45, 2.75) is 26.4 Å². The maximum Gasteiger partial charge on any atom is 0.265 e. The Morgan fingerprint density at radius 3 is 2.56 bits per heavy atom. The van der Waals surface area contributed by atoms with Gasteiger partial charge in [0.25, 0.3) is 5.91 Å². The minimum Gasteiger partial charge on any atom is -0.481 e. The highest BCUT2D eigenvalue weighted by molar-refractivity contribution is 7.92. The van der Waals surface area contributed by atoms with Crippen LogP contribution in [0, 0.1) is 6.92 Å². The molecule has 146 valence electrons. The first kappa shape index (κ1) is 21.1. The second-order valence-corrected chi connectivity index (χ2v) is 8.62. The number of sulfonamides is 1. The van der Waals surface area contributed by atoms with Crippen LogP contribution in [-0.2, 0) is 14.8 Å². The summed E-state index contributed by atoms with van der Waals surface area (Å²) in [5, 5.41) is 3.41. The van der Waals surface area contributed by atoms with Crippen LogP contribution in [0.5, 0.6) is 5.75 Å². The average Bonchev–Trinajstić information content (AvgIpc) is 2.61. The zero-order valence-corrected chi connectivity index (χ0v) is 17.3. The van der Waals surface area contributed by atoms with Crippen LogP contribution in [0.3, 0.4) is 0 Å². The SMILES string of the molecule is CCC(Oc1ccc(Cl)c(C)c1)C(=O)Nc1cccc(N(C)S(C)(=O)=O)c1. The molecule has 0 aliphatic rings.